The Morgan fingerprint density at radius 2 is 2.04 bits per heavy atom. The summed E-state index contributed by atoms with van der Waals surface area (Å²) in [4.78, 5) is 1.25. The summed E-state index contributed by atoms with van der Waals surface area (Å²) in [7, 11) is 1.98. The number of nitrogens with one attached hydrogen (secondary N) is 1. The SMILES string of the molecule is CCc1cnn(C)c1-c1cc(N[C@H](CN)Cc2ccc(F)cc2)sc1C. The normalized spacial score (nSPS) is 12.3. The Morgan fingerprint density at radius 3 is 2.69 bits per heavy atom. The highest BCUT2D eigenvalue weighted by Gasteiger charge is 2.17. The monoisotopic (exact) mass is 372 g/mol. The van der Waals surface area contributed by atoms with Gasteiger partial charge < -0.3 is 11.1 Å². The molecule has 0 bridgehead atoms. The molecule has 0 unspecified atom stereocenters. The van der Waals surface area contributed by atoms with Gasteiger partial charge in [-0.2, -0.15) is 5.10 Å². The Morgan fingerprint density at radius 1 is 1.31 bits per heavy atom. The van der Waals surface area contributed by atoms with Crippen LogP contribution in [0.5, 0.6) is 0 Å². The van der Waals surface area contributed by atoms with Crippen LogP contribution in [0.2, 0.25) is 0 Å². The van der Waals surface area contributed by atoms with Crippen molar-refractivity contribution < 1.29 is 4.39 Å². The summed E-state index contributed by atoms with van der Waals surface area (Å²) in [6.45, 7) is 4.79. The molecule has 3 rings (SSSR count). The third-order valence-corrected chi connectivity index (χ3v) is 5.58. The summed E-state index contributed by atoms with van der Waals surface area (Å²) < 4.78 is 15.0. The van der Waals surface area contributed by atoms with Crippen molar-refractivity contribution in [2.24, 2.45) is 12.8 Å². The molecule has 26 heavy (non-hydrogen) atoms. The second kappa shape index (κ2) is 8.01. The maximum Gasteiger partial charge on any atom is 0.123 e. The van der Waals surface area contributed by atoms with Crippen LogP contribution in [0.1, 0.15) is 22.9 Å². The summed E-state index contributed by atoms with van der Waals surface area (Å²) in [6.07, 6.45) is 3.66. The van der Waals surface area contributed by atoms with Crippen molar-refractivity contribution in [1.82, 2.24) is 9.78 Å². The van der Waals surface area contributed by atoms with E-state index in [9.17, 15) is 4.39 Å². The van der Waals surface area contributed by atoms with Gasteiger partial charge in [-0.25, -0.2) is 4.39 Å². The van der Waals surface area contributed by atoms with Crippen molar-refractivity contribution in [2.75, 3.05) is 11.9 Å². The summed E-state index contributed by atoms with van der Waals surface area (Å²) in [5.74, 6) is -0.215. The van der Waals surface area contributed by atoms with Gasteiger partial charge in [-0.15, -0.1) is 11.3 Å². The highest BCUT2D eigenvalue weighted by molar-refractivity contribution is 7.16. The van der Waals surface area contributed by atoms with Crippen molar-refractivity contribution in [3.05, 3.63) is 58.3 Å². The molecule has 0 aliphatic rings. The summed E-state index contributed by atoms with van der Waals surface area (Å²) in [6, 6.07) is 8.89. The van der Waals surface area contributed by atoms with Crippen LogP contribution in [-0.4, -0.2) is 22.4 Å². The van der Waals surface area contributed by atoms with Crippen molar-refractivity contribution in [1.29, 1.82) is 0 Å². The number of aromatic nitrogens is 2. The number of hydrogen-bond donors (Lipinski definition) is 2. The van der Waals surface area contributed by atoms with E-state index < -0.39 is 0 Å². The van der Waals surface area contributed by atoms with Gasteiger partial charge in [0.2, 0.25) is 0 Å². The van der Waals surface area contributed by atoms with E-state index >= 15 is 0 Å². The fourth-order valence-corrected chi connectivity index (χ4v) is 4.17. The molecule has 1 aromatic carbocycles. The van der Waals surface area contributed by atoms with E-state index in [0.717, 1.165) is 23.4 Å². The van der Waals surface area contributed by atoms with Gasteiger partial charge in [-0.05, 0) is 49.1 Å². The van der Waals surface area contributed by atoms with Crippen molar-refractivity contribution >= 4 is 16.3 Å². The van der Waals surface area contributed by atoms with Crippen LogP contribution in [0.3, 0.4) is 0 Å². The zero-order valence-corrected chi connectivity index (χ0v) is 16.2. The Hall–Kier alpha value is -2.18. The molecule has 3 N–H and O–H groups in total. The van der Waals surface area contributed by atoms with Crippen molar-refractivity contribution in [2.45, 2.75) is 32.7 Å². The van der Waals surface area contributed by atoms with Crippen LogP contribution in [-0.2, 0) is 19.9 Å². The molecule has 0 radical (unpaired) electrons. The minimum Gasteiger partial charge on any atom is -0.373 e. The molecular weight excluding hydrogens is 347 g/mol. The van der Waals surface area contributed by atoms with E-state index in [2.05, 4.69) is 30.3 Å². The number of benzene rings is 1. The summed E-state index contributed by atoms with van der Waals surface area (Å²) in [5, 5.41) is 9.04. The summed E-state index contributed by atoms with van der Waals surface area (Å²) >= 11 is 1.73. The lowest BCUT2D eigenvalue weighted by molar-refractivity contribution is 0.626. The number of hydrogen-bond acceptors (Lipinski definition) is 4. The molecule has 0 amide bonds. The zero-order chi connectivity index (χ0) is 18.7. The minimum atomic E-state index is -0.215. The third-order valence-electron chi connectivity index (χ3n) is 4.59. The molecule has 0 fully saturated rings. The van der Waals surface area contributed by atoms with E-state index in [1.807, 2.05) is 30.1 Å². The zero-order valence-electron chi connectivity index (χ0n) is 15.4. The molecule has 0 aliphatic heterocycles. The van der Waals surface area contributed by atoms with Gasteiger partial charge in [-0.1, -0.05) is 19.1 Å². The van der Waals surface area contributed by atoms with E-state index in [4.69, 9.17) is 5.73 Å². The smallest absolute Gasteiger partial charge is 0.123 e. The number of nitrogens with zero attached hydrogens (tertiary/aromatic N) is 2. The molecule has 1 atom stereocenters. The van der Waals surface area contributed by atoms with E-state index in [1.165, 1.54) is 33.8 Å². The first-order chi connectivity index (χ1) is 12.5. The van der Waals surface area contributed by atoms with Crippen molar-refractivity contribution in [3.8, 4) is 11.3 Å². The molecule has 0 saturated heterocycles. The fourth-order valence-electron chi connectivity index (χ4n) is 3.18. The lowest BCUT2D eigenvalue weighted by atomic mass is 10.1. The standard InChI is InChI=1S/C20H25FN4S/c1-4-15-12-23-25(3)20(15)18-10-19(26-13(18)2)24-17(11-22)9-14-5-7-16(21)8-6-14/h5-8,10,12,17,24H,4,9,11,22H2,1-3H3/t17-/m0/s1. The first-order valence-corrected chi connectivity index (χ1v) is 9.66. The van der Waals surface area contributed by atoms with Gasteiger partial charge >= 0.3 is 0 Å². The Balaban J connectivity index is 1.79. The van der Waals surface area contributed by atoms with Gasteiger partial charge in [0.1, 0.15) is 5.82 Å². The van der Waals surface area contributed by atoms with E-state index in [0.29, 0.717) is 6.54 Å². The number of thiophene rings is 1. The third kappa shape index (κ3) is 3.97. The van der Waals surface area contributed by atoms with Gasteiger partial charge in [0.05, 0.1) is 16.9 Å². The predicted molar refractivity (Wildman–Crippen MR) is 107 cm³/mol. The topological polar surface area (TPSA) is 55.9 Å². The number of aryl methyl sites for hydroxylation is 3. The largest absolute Gasteiger partial charge is 0.373 e. The molecule has 3 aromatic rings. The number of nitrogens with two attached hydrogens (primary N) is 1. The highest BCUT2D eigenvalue weighted by Crippen LogP contribution is 2.36. The Labute approximate surface area is 157 Å². The molecule has 2 aromatic heterocycles. The molecular formula is C20H25FN4S. The highest BCUT2D eigenvalue weighted by atomic mass is 32.1. The molecule has 138 valence electrons. The van der Waals surface area contributed by atoms with Gasteiger partial charge in [0.15, 0.2) is 0 Å². The lowest BCUT2D eigenvalue weighted by Crippen LogP contribution is -2.30. The maximum atomic E-state index is 13.1. The molecule has 0 spiro atoms. The fraction of sp³-hybridized carbons (Fsp3) is 0.350. The Kier molecular flexibility index (Phi) is 5.74. The van der Waals surface area contributed by atoms with E-state index in [-0.39, 0.29) is 11.9 Å². The average molecular weight is 373 g/mol. The maximum absolute atomic E-state index is 13.1. The second-order valence-corrected chi connectivity index (χ2v) is 7.74. The number of halogens is 1. The van der Waals surface area contributed by atoms with Crippen LogP contribution < -0.4 is 11.1 Å². The Bertz CT molecular complexity index is 867. The molecule has 4 nitrogen and oxygen atoms in total. The molecule has 0 saturated carbocycles. The van der Waals surface area contributed by atoms with Gasteiger partial charge in [0, 0.05) is 30.1 Å². The first kappa shape index (κ1) is 18.6. The van der Waals surface area contributed by atoms with Crippen LogP contribution in [0, 0.1) is 12.7 Å². The van der Waals surface area contributed by atoms with E-state index in [1.54, 1.807) is 11.3 Å². The van der Waals surface area contributed by atoms with Crippen LogP contribution >= 0.6 is 11.3 Å². The number of anilines is 1. The minimum absolute atomic E-state index is 0.101. The average Bonchev–Trinajstić information content (AvgIpc) is 3.17. The van der Waals surface area contributed by atoms with Crippen LogP contribution in [0.25, 0.3) is 11.3 Å². The number of rotatable bonds is 7. The second-order valence-electron chi connectivity index (χ2n) is 6.48. The van der Waals surface area contributed by atoms with Gasteiger partial charge in [-0.3, -0.25) is 4.68 Å². The quantitative estimate of drug-likeness (QED) is 0.655. The lowest BCUT2D eigenvalue weighted by Gasteiger charge is -2.17. The van der Waals surface area contributed by atoms with Gasteiger partial charge in [0.25, 0.3) is 0 Å². The predicted octanol–water partition coefficient (Wildman–Crippen LogP) is 4.14. The molecule has 2 heterocycles. The van der Waals surface area contributed by atoms with Crippen LogP contribution in [0.4, 0.5) is 9.39 Å². The molecule has 6 heteroatoms. The first-order valence-electron chi connectivity index (χ1n) is 8.84. The summed E-state index contributed by atoms with van der Waals surface area (Å²) in [5.41, 5.74) is 10.7. The van der Waals surface area contributed by atoms with Crippen LogP contribution in [0.15, 0.2) is 36.5 Å². The van der Waals surface area contributed by atoms with Crippen molar-refractivity contribution in [3.63, 3.8) is 0 Å². The molecule has 0 aliphatic carbocycles.